The van der Waals surface area contributed by atoms with Gasteiger partial charge in [0.25, 0.3) is 10.0 Å². The molecule has 0 aliphatic carbocycles. The number of hydrogen-bond acceptors (Lipinski definition) is 5. The van der Waals surface area contributed by atoms with Gasteiger partial charge in [-0.3, -0.25) is 9.40 Å². The number of hydrogen-bond donors (Lipinski definition) is 3. The van der Waals surface area contributed by atoms with Crippen LogP contribution in [0.1, 0.15) is 10.4 Å². The highest BCUT2D eigenvalue weighted by molar-refractivity contribution is 7.92. The molecule has 0 atom stereocenters. The minimum absolute atomic E-state index is 0.128. The molecule has 0 aliphatic rings. The van der Waals surface area contributed by atoms with E-state index in [0.29, 0.717) is 0 Å². The molecule has 0 amide bonds. The number of nitrogens with one attached hydrogen (secondary N) is 2. The van der Waals surface area contributed by atoms with E-state index in [1.54, 1.807) is 0 Å². The van der Waals surface area contributed by atoms with E-state index >= 15 is 0 Å². The number of sulfonamides is 1. The number of carboxylic acids is 1. The average molecular weight is 271 g/mol. The van der Waals surface area contributed by atoms with Crippen LogP contribution in [0.3, 0.4) is 0 Å². The summed E-state index contributed by atoms with van der Waals surface area (Å²) in [6.07, 6.45) is 3.38. The predicted molar refractivity (Wildman–Crippen MR) is 59.6 cm³/mol. The van der Waals surface area contributed by atoms with E-state index in [4.69, 9.17) is 5.11 Å². The molecule has 2 rings (SSSR count). The van der Waals surface area contributed by atoms with Crippen molar-refractivity contribution in [2.45, 2.75) is 5.03 Å². The van der Waals surface area contributed by atoms with Crippen molar-refractivity contribution in [2.75, 3.05) is 4.72 Å². The number of carbonyl (C=O) groups is 1. The Hall–Kier alpha value is -2.36. The lowest BCUT2D eigenvalue weighted by Gasteiger charge is -2.07. The second-order valence-corrected chi connectivity index (χ2v) is 5.01. The van der Waals surface area contributed by atoms with Gasteiger partial charge in [0.05, 0.1) is 18.7 Å². The molecule has 0 radical (unpaired) electrons. The summed E-state index contributed by atoms with van der Waals surface area (Å²) in [6.45, 7) is 0. The van der Waals surface area contributed by atoms with Crippen molar-refractivity contribution in [3.05, 3.63) is 24.3 Å². The fourth-order valence-electron chi connectivity index (χ4n) is 1.29. The molecule has 2 heterocycles. The minimum atomic E-state index is -3.91. The van der Waals surface area contributed by atoms with Crippen LogP contribution < -0.4 is 4.72 Å². The van der Waals surface area contributed by atoms with Gasteiger partial charge in [-0.05, 0) is 0 Å². The molecule has 2 aromatic heterocycles. The summed E-state index contributed by atoms with van der Waals surface area (Å²) in [4.78, 5) is 16.9. The zero-order valence-electron chi connectivity index (χ0n) is 9.15. The maximum Gasteiger partial charge on any atom is 0.341 e. The molecule has 0 bridgehead atoms. The molecule has 96 valence electrons. The first-order valence-corrected chi connectivity index (χ1v) is 6.16. The fourth-order valence-corrected chi connectivity index (χ4v) is 2.30. The number of aromatic carboxylic acids is 1. The third-order valence-corrected chi connectivity index (χ3v) is 3.43. The molecule has 9 nitrogen and oxygen atoms in total. The lowest BCUT2D eigenvalue weighted by Crippen LogP contribution is -2.17. The van der Waals surface area contributed by atoms with Crippen LogP contribution in [0.25, 0.3) is 0 Å². The number of aromatic amines is 1. The van der Waals surface area contributed by atoms with Gasteiger partial charge in [0.15, 0.2) is 10.8 Å². The van der Waals surface area contributed by atoms with Gasteiger partial charge in [-0.25, -0.2) is 9.78 Å². The summed E-state index contributed by atoms with van der Waals surface area (Å²) in [6, 6.07) is 0. The van der Waals surface area contributed by atoms with Gasteiger partial charge in [-0.15, -0.1) is 0 Å². The lowest BCUT2D eigenvalue weighted by molar-refractivity contribution is 0.0698. The molecule has 0 unspecified atom stereocenters. The Morgan fingerprint density at radius 2 is 2.22 bits per heavy atom. The first kappa shape index (κ1) is 12.1. The minimum Gasteiger partial charge on any atom is -0.477 e. The van der Waals surface area contributed by atoms with Gasteiger partial charge in [0.2, 0.25) is 0 Å². The Kier molecular flexibility index (Phi) is 2.79. The molecule has 0 aliphatic heterocycles. The van der Waals surface area contributed by atoms with E-state index in [1.807, 2.05) is 0 Å². The fraction of sp³-hybridized carbons (Fsp3) is 0.125. The predicted octanol–water partition coefficient (Wildman–Crippen LogP) is -0.358. The van der Waals surface area contributed by atoms with Crippen LogP contribution in [0.4, 0.5) is 5.82 Å². The summed E-state index contributed by atoms with van der Waals surface area (Å²) in [5, 5.41) is 12.4. The van der Waals surface area contributed by atoms with Crippen molar-refractivity contribution in [2.24, 2.45) is 7.05 Å². The molecular weight excluding hydrogens is 262 g/mol. The van der Waals surface area contributed by atoms with Crippen molar-refractivity contribution < 1.29 is 18.3 Å². The van der Waals surface area contributed by atoms with Gasteiger partial charge in [-0.1, -0.05) is 0 Å². The van der Waals surface area contributed by atoms with E-state index in [9.17, 15) is 13.2 Å². The van der Waals surface area contributed by atoms with Crippen molar-refractivity contribution in [3.63, 3.8) is 0 Å². The number of rotatable bonds is 4. The zero-order valence-corrected chi connectivity index (χ0v) is 9.97. The van der Waals surface area contributed by atoms with E-state index < -0.39 is 16.0 Å². The van der Waals surface area contributed by atoms with Crippen LogP contribution in [0.2, 0.25) is 0 Å². The maximum absolute atomic E-state index is 11.9. The SMILES string of the molecule is Cn1ncc(C(=O)O)c1NS(=O)(=O)c1cnc[nH]1. The topological polar surface area (TPSA) is 130 Å². The highest BCUT2D eigenvalue weighted by Gasteiger charge is 2.22. The van der Waals surface area contributed by atoms with Crippen molar-refractivity contribution in [3.8, 4) is 0 Å². The van der Waals surface area contributed by atoms with E-state index in [0.717, 1.165) is 17.1 Å². The molecule has 2 aromatic rings. The largest absolute Gasteiger partial charge is 0.477 e. The number of imidazole rings is 1. The van der Waals surface area contributed by atoms with Gasteiger partial charge >= 0.3 is 5.97 Å². The summed E-state index contributed by atoms with van der Waals surface area (Å²) in [5.74, 6) is -1.40. The Bertz CT molecular complexity index is 672. The summed E-state index contributed by atoms with van der Waals surface area (Å²) >= 11 is 0. The van der Waals surface area contributed by atoms with Crippen LogP contribution in [0, 0.1) is 0 Å². The van der Waals surface area contributed by atoms with Crippen molar-refractivity contribution in [1.29, 1.82) is 0 Å². The molecule has 0 aromatic carbocycles. The van der Waals surface area contributed by atoms with Gasteiger partial charge in [0, 0.05) is 7.05 Å². The van der Waals surface area contributed by atoms with Gasteiger partial charge < -0.3 is 10.1 Å². The van der Waals surface area contributed by atoms with Crippen molar-refractivity contribution in [1.82, 2.24) is 19.7 Å². The third-order valence-electron chi connectivity index (χ3n) is 2.16. The Balaban J connectivity index is 2.41. The third kappa shape index (κ3) is 2.05. The lowest BCUT2D eigenvalue weighted by atomic mass is 10.3. The number of anilines is 1. The molecule has 10 heteroatoms. The summed E-state index contributed by atoms with van der Waals surface area (Å²) < 4.78 is 27.0. The van der Waals surface area contributed by atoms with Crippen LogP contribution in [-0.2, 0) is 17.1 Å². The van der Waals surface area contributed by atoms with E-state index in [1.165, 1.54) is 13.4 Å². The van der Waals surface area contributed by atoms with Crippen LogP contribution >= 0.6 is 0 Å². The first-order valence-electron chi connectivity index (χ1n) is 4.68. The summed E-state index contributed by atoms with van der Waals surface area (Å²) in [7, 11) is -2.48. The highest BCUT2D eigenvalue weighted by atomic mass is 32.2. The smallest absolute Gasteiger partial charge is 0.341 e. The van der Waals surface area contributed by atoms with E-state index in [-0.39, 0.29) is 16.4 Å². The monoisotopic (exact) mass is 271 g/mol. The van der Waals surface area contributed by atoms with Crippen molar-refractivity contribution >= 4 is 21.8 Å². The molecule has 3 N–H and O–H groups in total. The molecule has 18 heavy (non-hydrogen) atoms. The molecule has 0 fully saturated rings. The van der Waals surface area contributed by atoms with Crippen LogP contribution in [0.5, 0.6) is 0 Å². The van der Waals surface area contributed by atoms with Gasteiger partial charge in [-0.2, -0.15) is 13.5 Å². The molecular formula is C8H9N5O4S. The first-order chi connectivity index (χ1) is 8.42. The zero-order chi connectivity index (χ0) is 13.3. The van der Waals surface area contributed by atoms with Crippen LogP contribution in [-0.4, -0.2) is 39.2 Å². The van der Waals surface area contributed by atoms with Crippen LogP contribution in [0.15, 0.2) is 23.7 Å². The van der Waals surface area contributed by atoms with Gasteiger partial charge in [0.1, 0.15) is 5.56 Å². The normalized spacial score (nSPS) is 11.4. The number of carboxylic acid groups (broad SMARTS) is 1. The molecule has 0 saturated carbocycles. The quantitative estimate of drug-likeness (QED) is 0.696. The number of H-pyrrole nitrogens is 1. The van der Waals surface area contributed by atoms with E-state index in [2.05, 4.69) is 19.8 Å². The number of nitrogens with zero attached hydrogens (tertiary/aromatic N) is 3. The number of aromatic nitrogens is 4. The Morgan fingerprint density at radius 1 is 1.50 bits per heavy atom. The second kappa shape index (κ2) is 4.14. The summed E-state index contributed by atoms with van der Waals surface area (Å²) in [5.41, 5.74) is -0.236. The second-order valence-electron chi connectivity index (χ2n) is 3.36. The number of aryl methyl sites for hydroxylation is 1. The molecule has 0 spiro atoms. The Labute approximate surface area is 102 Å². The standard InChI is InChI=1S/C8H9N5O4S/c1-13-7(5(2-11-13)8(14)15)12-18(16,17)6-3-9-4-10-6/h2-4,12H,1H3,(H,9,10)(H,14,15). The highest BCUT2D eigenvalue weighted by Crippen LogP contribution is 2.18. The maximum atomic E-state index is 11.9. The Morgan fingerprint density at radius 3 is 2.78 bits per heavy atom. The average Bonchev–Trinajstić information content (AvgIpc) is 2.89. The molecule has 0 saturated heterocycles.